The van der Waals surface area contributed by atoms with Gasteiger partial charge < -0.3 is 5.32 Å². The predicted molar refractivity (Wildman–Crippen MR) is 83.6 cm³/mol. The second-order valence-corrected chi connectivity index (χ2v) is 8.40. The minimum atomic E-state index is -3.37. The first kappa shape index (κ1) is 17.9. The second kappa shape index (κ2) is 7.41. The molecule has 1 saturated heterocycles. The molecular weight excluding hydrogens is 318 g/mol. The Kier molecular flexibility index (Phi) is 5.76. The third-order valence-electron chi connectivity index (χ3n) is 4.63. The molecule has 2 aliphatic rings. The number of sulfonamides is 1. The number of nitrogens with zero attached hydrogens (tertiary/aromatic N) is 2. The van der Waals surface area contributed by atoms with Crippen LogP contribution in [0.2, 0.25) is 0 Å². The first-order valence-corrected chi connectivity index (χ1v) is 9.86. The average Bonchev–Trinajstić information content (AvgIpc) is 3.00. The van der Waals surface area contributed by atoms with Crippen molar-refractivity contribution in [2.45, 2.75) is 44.6 Å². The molecule has 0 radical (unpaired) electrons. The summed E-state index contributed by atoms with van der Waals surface area (Å²) in [5, 5.41) is 12.0. The van der Waals surface area contributed by atoms with Crippen molar-refractivity contribution in [3.05, 3.63) is 0 Å². The fourth-order valence-corrected chi connectivity index (χ4v) is 4.23. The molecule has 2 atom stereocenters. The van der Waals surface area contributed by atoms with Crippen molar-refractivity contribution < 1.29 is 18.0 Å². The van der Waals surface area contributed by atoms with Crippen molar-refractivity contribution in [3.63, 3.8) is 0 Å². The molecule has 1 amide bonds. The lowest BCUT2D eigenvalue weighted by Crippen LogP contribution is -2.46. The molecule has 0 aromatic carbocycles. The van der Waals surface area contributed by atoms with E-state index in [-0.39, 0.29) is 12.6 Å². The van der Waals surface area contributed by atoms with Gasteiger partial charge in [-0.05, 0) is 25.7 Å². The molecule has 23 heavy (non-hydrogen) atoms. The zero-order valence-electron chi connectivity index (χ0n) is 13.3. The van der Waals surface area contributed by atoms with Crippen LogP contribution >= 0.6 is 0 Å². The predicted octanol–water partition coefficient (Wildman–Crippen LogP) is 0.426. The molecule has 1 N–H and O–H groups in total. The number of piperidine rings is 1. The number of carbonyl (C=O) groups is 2. The molecule has 2 fully saturated rings. The summed E-state index contributed by atoms with van der Waals surface area (Å²) in [6, 6.07) is 1.84. The van der Waals surface area contributed by atoms with Gasteiger partial charge in [-0.2, -0.15) is 5.26 Å². The summed E-state index contributed by atoms with van der Waals surface area (Å²) < 4.78 is 24.5. The quantitative estimate of drug-likeness (QED) is 0.730. The third kappa shape index (κ3) is 4.52. The van der Waals surface area contributed by atoms with Gasteiger partial charge in [-0.25, -0.2) is 12.7 Å². The highest BCUT2D eigenvalue weighted by Gasteiger charge is 2.37. The van der Waals surface area contributed by atoms with Crippen molar-refractivity contribution in [2.24, 2.45) is 11.8 Å². The van der Waals surface area contributed by atoms with Gasteiger partial charge in [-0.1, -0.05) is 12.8 Å². The van der Waals surface area contributed by atoms with E-state index in [0.717, 1.165) is 31.9 Å². The van der Waals surface area contributed by atoms with Crippen molar-refractivity contribution in [1.29, 1.82) is 5.26 Å². The molecular formula is C15H23N3O4S. The Morgan fingerprint density at radius 3 is 2.43 bits per heavy atom. The number of Topliss-reactive ketones (excluding diaryl/α,β-unsaturated/α-hetero) is 1. The summed E-state index contributed by atoms with van der Waals surface area (Å²) in [5.74, 6) is -2.94. The van der Waals surface area contributed by atoms with E-state index in [1.807, 2.05) is 0 Å². The molecule has 1 aliphatic heterocycles. The Balaban J connectivity index is 2.01. The van der Waals surface area contributed by atoms with E-state index in [1.165, 1.54) is 4.31 Å². The van der Waals surface area contributed by atoms with E-state index >= 15 is 0 Å². The molecule has 1 heterocycles. The van der Waals surface area contributed by atoms with Crippen molar-refractivity contribution in [1.82, 2.24) is 9.62 Å². The largest absolute Gasteiger partial charge is 0.352 e. The Hall–Kier alpha value is -1.46. The van der Waals surface area contributed by atoms with Crippen molar-refractivity contribution >= 4 is 21.7 Å². The van der Waals surface area contributed by atoms with Crippen LogP contribution in [0.15, 0.2) is 0 Å². The molecule has 0 unspecified atom stereocenters. The monoisotopic (exact) mass is 341 g/mol. The fourth-order valence-electron chi connectivity index (χ4n) is 3.32. The minimum absolute atomic E-state index is 0.0463. The van der Waals surface area contributed by atoms with E-state index in [2.05, 4.69) is 5.32 Å². The van der Waals surface area contributed by atoms with Crippen LogP contribution in [0.25, 0.3) is 0 Å². The average molecular weight is 341 g/mol. The van der Waals surface area contributed by atoms with E-state index in [0.29, 0.717) is 19.4 Å². The van der Waals surface area contributed by atoms with Gasteiger partial charge in [0.05, 0.1) is 12.3 Å². The number of nitriles is 1. The van der Waals surface area contributed by atoms with E-state index < -0.39 is 33.5 Å². The first-order valence-electron chi connectivity index (χ1n) is 8.01. The zero-order chi connectivity index (χ0) is 17.0. The molecule has 128 valence electrons. The van der Waals surface area contributed by atoms with Crippen LogP contribution in [0.3, 0.4) is 0 Å². The lowest BCUT2D eigenvalue weighted by Gasteiger charge is -2.30. The smallest absolute Gasteiger partial charge is 0.245 e. The molecule has 0 bridgehead atoms. The first-order chi connectivity index (χ1) is 10.8. The van der Waals surface area contributed by atoms with Crippen molar-refractivity contribution in [2.75, 3.05) is 19.3 Å². The van der Waals surface area contributed by atoms with Crippen LogP contribution in [0.5, 0.6) is 0 Å². The van der Waals surface area contributed by atoms with E-state index in [9.17, 15) is 23.3 Å². The number of ketones is 1. The number of amides is 1. The van der Waals surface area contributed by atoms with Crippen LogP contribution in [0, 0.1) is 23.2 Å². The fraction of sp³-hybridized carbons (Fsp3) is 0.800. The summed E-state index contributed by atoms with van der Waals surface area (Å²) in [6.45, 7) is 0.445. The molecule has 0 aromatic heterocycles. The molecule has 8 heteroatoms. The lowest BCUT2D eigenvalue weighted by atomic mass is 9.87. The number of nitrogens with one attached hydrogen (secondary N) is 1. The van der Waals surface area contributed by atoms with Gasteiger partial charge in [-0.15, -0.1) is 0 Å². The SMILES string of the molecule is CS(=O)(=O)N1CCC[C@H](C(=O)[C@H](C#N)C(=O)NC2CCCC2)C1. The number of hydrogen-bond donors (Lipinski definition) is 1. The Bertz CT molecular complexity index is 605. The normalized spacial score (nSPS) is 24.8. The number of carbonyl (C=O) groups excluding carboxylic acids is 2. The summed E-state index contributed by atoms with van der Waals surface area (Å²) in [6.07, 6.45) is 6.02. The van der Waals surface area contributed by atoms with Crippen LogP contribution in [-0.2, 0) is 19.6 Å². The molecule has 0 aromatic rings. The Labute approximate surface area is 137 Å². The van der Waals surface area contributed by atoms with E-state index in [1.54, 1.807) is 6.07 Å². The number of rotatable bonds is 5. The minimum Gasteiger partial charge on any atom is -0.352 e. The maximum absolute atomic E-state index is 12.5. The van der Waals surface area contributed by atoms with Gasteiger partial charge in [0.1, 0.15) is 0 Å². The maximum atomic E-state index is 12.5. The lowest BCUT2D eigenvalue weighted by molar-refractivity contribution is -0.134. The van der Waals surface area contributed by atoms with Crippen LogP contribution in [-0.4, -0.2) is 49.8 Å². The zero-order valence-corrected chi connectivity index (χ0v) is 14.1. The van der Waals surface area contributed by atoms with Crippen LogP contribution < -0.4 is 5.32 Å². The van der Waals surface area contributed by atoms with Crippen LogP contribution in [0.1, 0.15) is 38.5 Å². The standard InChI is InChI=1S/C15H23N3O4S/c1-23(21,22)18-8-4-5-11(10-18)14(19)13(9-16)15(20)17-12-6-2-3-7-12/h11-13H,2-8,10H2,1H3,(H,17,20)/t11-,13-/m0/s1. The Morgan fingerprint density at radius 2 is 1.87 bits per heavy atom. The summed E-state index contributed by atoms with van der Waals surface area (Å²) in [7, 11) is -3.37. The van der Waals surface area contributed by atoms with Gasteiger partial charge in [0, 0.05) is 25.0 Å². The van der Waals surface area contributed by atoms with Gasteiger partial charge in [0.25, 0.3) is 0 Å². The topological polar surface area (TPSA) is 107 Å². The summed E-state index contributed by atoms with van der Waals surface area (Å²) >= 11 is 0. The van der Waals surface area contributed by atoms with Gasteiger partial charge in [-0.3, -0.25) is 9.59 Å². The summed E-state index contributed by atoms with van der Waals surface area (Å²) in [5.41, 5.74) is 0. The molecule has 1 saturated carbocycles. The molecule has 1 aliphatic carbocycles. The highest BCUT2D eigenvalue weighted by molar-refractivity contribution is 7.88. The van der Waals surface area contributed by atoms with E-state index in [4.69, 9.17) is 0 Å². The maximum Gasteiger partial charge on any atom is 0.245 e. The summed E-state index contributed by atoms with van der Waals surface area (Å²) in [4.78, 5) is 24.7. The molecule has 0 spiro atoms. The molecule has 7 nitrogen and oxygen atoms in total. The highest BCUT2D eigenvalue weighted by Crippen LogP contribution is 2.23. The Morgan fingerprint density at radius 1 is 1.22 bits per heavy atom. The van der Waals surface area contributed by atoms with Gasteiger partial charge >= 0.3 is 0 Å². The van der Waals surface area contributed by atoms with Gasteiger partial charge in [0.15, 0.2) is 11.7 Å². The van der Waals surface area contributed by atoms with Gasteiger partial charge in [0.2, 0.25) is 15.9 Å². The number of hydrogen-bond acceptors (Lipinski definition) is 5. The van der Waals surface area contributed by atoms with Crippen molar-refractivity contribution in [3.8, 4) is 6.07 Å². The molecule has 2 rings (SSSR count). The second-order valence-electron chi connectivity index (χ2n) is 6.41. The highest BCUT2D eigenvalue weighted by atomic mass is 32.2. The van der Waals surface area contributed by atoms with Crippen LogP contribution in [0.4, 0.5) is 0 Å². The third-order valence-corrected chi connectivity index (χ3v) is 5.90.